The first-order chi connectivity index (χ1) is 7.79. The highest BCUT2D eigenvalue weighted by atomic mass is 35.5. The van der Waals surface area contributed by atoms with Crippen molar-refractivity contribution in [3.8, 4) is 6.07 Å². The van der Waals surface area contributed by atoms with Crippen LogP contribution in [0, 0.1) is 11.3 Å². The van der Waals surface area contributed by atoms with E-state index in [1.807, 2.05) is 0 Å². The quantitative estimate of drug-likeness (QED) is 0.767. The van der Waals surface area contributed by atoms with Gasteiger partial charge < -0.3 is 0 Å². The molecule has 0 saturated carbocycles. The SMILES string of the molecule is N#CCc1ncc(C(F)F)c(C(F)(F)F)c1Cl. The highest BCUT2D eigenvalue weighted by Crippen LogP contribution is 2.41. The molecule has 0 atom stereocenters. The highest BCUT2D eigenvalue weighted by molar-refractivity contribution is 6.32. The van der Waals surface area contributed by atoms with Gasteiger partial charge in [0.05, 0.1) is 28.8 Å². The first-order valence-corrected chi connectivity index (χ1v) is 4.56. The van der Waals surface area contributed by atoms with Crippen LogP contribution in [-0.4, -0.2) is 4.98 Å². The van der Waals surface area contributed by atoms with Crippen LogP contribution in [0.4, 0.5) is 22.0 Å². The van der Waals surface area contributed by atoms with Crippen molar-refractivity contribution in [3.63, 3.8) is 0 Å². The summed E-state index contributed by atoms with van der Waals surface area (Å²) in [5, 5.41) is 7.39. The molecule has 1 rings (SSSR count). The van der Waals surface area contributed by atoms with Crippen molar-refractivity contribution >= 4 is 11.6 Å². The van der Waals surface area contributed by atoms with Gasteiger partial charge in [0.2, 0.25) is 0 Å². The molecule has 0 aliphatic heterocycles. The number of aromatic nitrogens is 1. The van der Waals surface area contributed by atoms with Crippen molar-refractivity contribution in [1.82, 2.24) is 4.98 Å². The van der Waals surface area contributed by atoms with E-state index in [0.717, 1.165) is 0 Å². The lowest BCUT2D eigenvalue weighted by Crippen LogP contribution is -2.13. The molecule has 0 aliphatic carbocycles. The van der Waals surface area contributed by atoms with E-state index in [4.69, 9.17) is 16.9 Å². The van der Waals surface area contributed by atoms with Gasteiger partial charge in [0.1, 0.15) is 0 Å². The van der Waals surface area contributed by atoms with Crippen LogP contribution in [0.25, 0.3) is 0 Å². The van der Waals surface area contributed by atoms with E-state index in [1.54, 1.807) is 6.07 Å². The first kappa shape index (κ1) is 13.6. The fourth-order valence-electron chi connectivity index (χ4n) is 1.19. The summed E-state index contributed by atoms with van der Waals surface area (Å²) in [5.74, 6) is 0. The van der Waals surface area contributed by atoms with Crippen molar-refractivity contribution in [2.45, 2.75) is 19.0 Å². The number of hydrogen-bond acceptors (Lipinski definition) is 2. The van der Waals surface area contributed by atoms with E-state index < -0.39 is 35.2 Å². The molecule has 2 nitrogen and oxygen atoms in total. The van der Waals surface area contributed by atoms with Gasteiger partial charge in [0.15, 0.2) is 0 Å². The first-order valence-electron chi connectivity index (χ1n) is 4.18. The molecule has 0 spiro atoms. The number of pyridine rings is 1. The molecule has 0 aromatic carbocycles. The maximum atomic E-state index is 12.6. The third kappa shape index (κ3) is 2.82. The largest absolute Gasteiger partial charge is 0.418 e. The number of hydrogen-bond donors (Lipinski definition) is 0. The monoisotopic (exact) mass is 270 g/mol. The number of halogens is 6. The Morgan fingerprint density at radius 3 is 2.41 bits per heavy atom. The molecule has 8 heteroatoms. The predicted molar refractivity (Wildman–Crippen MR) is 48.5 cm³/mol. The van der Waals surface area contributed by atoms with Crippen LogP contribution in [0.1, 0.15) is 23.2 Å². The lowest BCUT2D eigenvalue weighted by Gasteiger charge is -2.15. The van der Waals surface area contributed by atoms with Crippen molar-refractivity contribution in [2.75, 3.05) is 0 Å². The van der Waals surface area contributed by atoms with E-state index >= 15 is 0 Å². The van der Waals surface area contributed by atoms with Crippen LogP contribution in [0.3, 0.4) is 0 Å². The molecule has 0 aliphatic rings. The Morgan fingerprint density at radius 2 is 2.00 bits per heavy atom. The number of rotatable bonds is 2. The maximum Gasteiger partial charge on any atom is 0.418 e. The van der Waals surface area contributed by atoms with Crippen LogP contribution in [0.5, 0.6) is 0 Å². The molecule has 0 unspecified atom stereocenters. The van der Waals surface area contributed by atoms with Crippen molar-refractivity contribution in [1.29, 1.82) is 5.26 Å². The topological polar surface area (TPSA) is 36.7 Å². The fraction of sp³-hybridized carbons (Fsp3) is 0.333. The van der Waals surface area contributed by atoms with Crippen LogP contribution in [-0.2, 0) is 12.6 Å². The second-order valence-corrected chi connectivity index (χ2v) is 3.36. The van der Waals surface area contributed by atoms with Crippen LogP contribution in [0.15, 0.2) is 6.20 Å². The molecule has 1 aromatic rings. The average molecular weight is 271 g/mol. The molecule has 17 heavy (non-hydrogen) atoms. The lowest BCUT2D eigenvalue weighted by atomic mass is 10.1. The summed E-state index contributed by atoms with van der Waals surface area (Å²) < 4.78 is 62.5. The Morgan fingerprint density at radius 1 is 1.41 bits per heavy atom. The van der Waals surface area contributed by atoms with Gasteiger partial charge in [-0.15, -0.1) is 0 Å². The van der Waals surface area contributed by atoms with Gasteiger partial charge in [-0.25, -0.2) is 8.78 Å². The fourth-order valence-corrected chi connectivity index (χ4v) is 1.52. The minimum absolute atomic E-state index is 0.370. The normalized spacial score (nSPS) is 11.6. The van der Waals surface area contributed by atoms with Gasteiger partial charge in [-0.1, -0.05) is 11.6 Å². The van der Waals surface area contributed by atoms with Crippen LogP contribution in [0.2, 0.25) is 5.02 Å². The molecule has 0 radical (unpaired) electrons. The number of nitriles is 1. The Labute approximate surface area is 97.6 Å². The standard InChI is InChI=1S/C9H4ClF5N2/c10-7-5(1-2-16)17-3-4(8(11)12)6(7)9(13,14)15/h3,8H,1H2. The van der Waals surface area contributed by atoms with Gasteiger partial charge >= 0.3 is 6.18 Å². The minimum atomic E-state index is -5.02. The second kappa shape index (κ2) is 4.84. The van der Waals surface area contributed by atoms with Gasteiger partial charge in [-0.3, -0.25) is 4.98 Å². The van der Waals surface area contributed by atoms with Crippen molar-refractivity contribution in [2.24, 2.45) is 0 Å². The van der Waals surface area contributed by atoms with E-state index in [1.165, 1.54) is 0 Å². The molecule has 0 fully saturated rings. The Hall–Kier alpha value is -1.42. The molecule has 1 heterocycles. The Kier molecular flexibility index (Phi) is 3.88. The summed E-state index contributed by atoms with van der Waals surface area (Å²) in [6.07, 6.45) is -8.44. The summed E-state index contributed by atoms with van der Waals surface area (Å²) >= 11 is 5.35. The highest BCUT2D eigenvalue weighted by Gasteiger charge is 2.39. The molecular weight excluding hydrogens is 267 g/mol. The Bertz CT molecular complexity index is 464. The van der Waals surface area contributed by atoms with Crippen LogP contribution < -0.4 is 0 Å². The summed E-state index contributed by atoms with van der Waals surface area (Å²) in [5.41, 5.74) is -3.29. The zero-order valence-electron chi connectivity index (χ0n) is 8.02. The van der Waals surface area contributed by atoms with E-state index in [0.29, 0.717) is 6.20 Å². The zero-order chi connectivity index (χ0) is 13.2. The molecule has 0 bridgehead atoms. The van der Waals surface area contributed by atoms with Gasteiger partial charge in [-0.2, -0.15) is 18.4 Å². The summed E-state index contributed by atoms with van der Waals surface area (Å²) in [7, 11) is 0. The van der Waals surface area contributed by atoms with E-state index in [9.17, 15) is 22.0 Å². The predicted octanol–water partition coefficient (Wildman–Crippen LogP) is 3.76. The van der Waals surface area contributed by atoms with E-state index in [-0.39, 0.29) is 5.69 Å². The zero-order valence-corrected chi connectivity index (χ0v) is 8.78. The smallest absolute Gasteiger partial charge is 0.258 e. The third-order valence-corrected chi connectivity index (χ3v) is 2.29. The van der Waals surface area contributed by atoms with Gasteiger partial charge in [-0.05, 0) is 0 Å². The molecule has 0 amide bonds. The molecule has 1 aromatic heterocycles. The maximum absolute atomic E-state index is 12.6. The minimum Gasteiger partial charge on any atom is -0.258 e. The van der Waals surface area contributed by atoms with Gasteiger partial charge in [0, 0.05) is 11.8 Å². The lowest BCUT2D eigenvalue weighted by molar-refractivity contribution is -0.139. The third-order valence-electron chi connectivity index (χ3n) is 1.89. The number of nitrogens with zero attached hydrogens (tertiary/aromatic N) is 2. The Balaban J connectivity index is 3.49. The number of alkyl halides is 5. The van der Waals surface area contributed by atoms with Crippen molar-refractivity contribution in [3.05, 3.63) is 28.0 Å². The van der Waals surface area contributed by atoms with Crippen LogP contribution >= 0.6 is 11.6 Å². The molecule has 92 valence electrons. The molecular formula is C9H4ClF5N2. The molecule has 0 N–H and O–H groups in total. The van der Waals surface area contributed by atoms with E-state index in [2.05, 4.69) is 4.98 Å². The summed E-state index contributed by atoms with van der Waals surface area (Å²) in [4.78, 5) is 3.33. The van der Waals surface area contributed by atoms with Crippen molar-refractivity contribution < 1.29 is 22.0 Å². The molecule has 0 saturated heterocycles. The van der Waals surface area contributed by atoms with Gasteiger partial charge in [0.25, 0.3) is 6.43 Å². The average Bonchev–Trinajstić information content (AvgIpc) is 2.18. The summed E-state index contributed by atoms with van der Waals surface area (Å²) in [6, 6.07) is 1.55. The second-order valence-electron chi connectivity index (χ2n) is 2.98. The summed E-state index contributed by atoms with van der Waals surface area (Å²) in [6.45, 7) is 0.